The van der Waals surface area contributed by atoms with Gasteiger partial charge in [-0.25, -0.2) is 4.98 Å². The number of halogens is 1. The largest absolute Gasteiger partial charge is 0.369 e. The lowest BCUT2D eigenvalue weighted by Crippen LogP contribution is -2.37. The zero-order chi connectivity index (χ0) is 18.9. The monoisotopic (exact) mass is 373 g/mol. The molecule has 2 amide bonds. The number of nitrogens with zero attached hydrogens (tertiary/aromatic N) is 3. The molecular weight excluding hydrogens is 358 g/mol. The highest BCUT2D eigenvalue weighted by Crippen LogP contribution is 2.21. The number of hydrogen-bond donors (Lipinski definition) is 3. The van der Waals surface area contributed by atoms with Crippen LogP contribution in [0, 0.1) is 18.8 Å². The third-order valence-corrected chi connectivity index (χ3v) is 4.47. The Morgan fingerprint density at radius 3 is 2.92 bits per heavy atom. The number of aromatic nitrogens is 3. The molecule has 2 aromatic heterocycles. The van der Waals surface area contributed by atoms with Gasteiger partial charge < -0.3 is 15.3 Å². The van der Waals surface area contributed by atoms with Crippen molar-refractivity contribution < 1.29 is 14.7 Å². The van der Waals surface area contributed by atoms with Crippen LogP contribution in [-0.2, 0) is 4.79 Å². The average molecular weight is 374 g/mol. The van der Waals surface area contributed by atoms with Crippen molar-refractivity contribution in [3.8, 4) is 11.8 Å². The van der Waals surface area contributed by atoms with Crippen LogP contribution in [0.25, 0.3) is 0 Å². The summed E-state index contributed by atoms with van der Waals surface area (Å²) in [7, 11) is 1.62. The molecular formula is C17H16ClN5O3. The fourth-order valence-electron chi connectivity index (χ4n) is 2.46. The van der Waals surface area contributed by atoms with Crippen molar-refractivity contribution in [2.24, 2.45) is 0 Å². The van der Waals surface area contributed by atoms with Crippen molar-refractivity contribution in [2.45, 2.75) is 18.9 Å². The highest BCUT2D eigenvalue weighted by atomic mass is 35.5. The molecule has 1 aliphatic rings. The maximum absolute atomic E-state index is 12.2. The number of carbonyl (C=O) groups excluding carboxylic acids is 2. The van der Waals surface area contributed by atoms with Crippen LogP contribution in [0.5, 0.6) is 0 Å². The average Bonchev–Trinajstić information content (AvgIpc) is 3.08. The predicted molar refractivity (Wildman–Crippen MR) is 94.6 cm³/mol. The summed E-state index contributed by atoms with van der Waals surface area (Å²) in [4.78, 5) is 29.6. The van der Waals surface area contributed by atoms with E-state index in [1.54, 1.807) is 20.0 Å². The van der Waals surface area contributed by atoms with Crippen LogP contribution >= 0.6 is 11.6 Å². The van der Waals surface area contributed by atoms with Crippen molar-refractivity contribution in [1.82, 2.24) is 20.1 Å². The highest BCUT2D eigenvalue weighted by Gasteiger charge is 2.42. The number of rotatable bonds is 2. The Hall–Kier alpha value is -2.89. The van der Waals surface area contributed by atoms with Gasteiger partial charge in [-0.2, -0.15) is 5.10 Å². The third-order valence-electron chi connectivity index (χ3n) is 4.01. The fourth-order valence-corrected chi connectivity index (χ4v) is 2.63. The summed E-state index contributed by atoms with van der Waals surface area (Å²) in [6.07, 6.45) is 1.71. The lowest BCUT2D eigenvalue weighted by Gasteiger charge is -2.13. The van der Waals surface area contributed by atoms with Crippen LogP contribution in [0.2, 0.25) is 5.02 Å². The minimum atomic E-state index is -1.68. The molecule has 3 rings (SSSR count). The number of amides is 2. The van der Waals surface area contributed by atoms with E-state index in [2.05, 4.69) is 32.3 Å². The number of hydrogen-bond acceptors (Lipinski definition) is 5. The number of carbonyl (C=O) groups is 2. The molecule has 1 fully saturated rings. The van der Waals surface area contributed by atoms with Crippen LogP contribution in [0.1, 0.15) is 28.2 Å². The van der Waals surface area contributed by atoms with Crippen LogP contribution in [-0.4, -0.2) is 56.2 Å². The van der Waals surface area contributed by atoms with E-state index >= 15 is 0 Å². The lowest BCUT2D eigenvalue weighted by atomic mass is 10.0. The number of anilines is 1. The summed E-state index contributed by atoms with van der Waals surface area (Å²) in [5, 5.41) is 19.6. The van der Waals surface area contributed by atoms with E-state index in [1.165, 1.54) is 17.2 Å². The Bertz CT molecular complexity index is 945. The van der Waals surface area contributed by atoms with E-state index < -0.39 is 17.4 Å². The van der Waals surface area contributed by atoms with Gasteiger partial charge in [-0.3, -0.25) is 14.7 Å². The quantitative estimate of drug-likeness (QED) is 0.679. The Morgan fingerprint density at radius 2 is 2.31 bits per heavy atom. The maximum atomic E-state index is 12.2. The Kier molecular flexibility index (Phi) is 4.68. The summed E-state index contributed by atoms with van der Waals surface area (Å²) in [5.41, 5.74) is -0.530. The molecule has 134 valence electrons. The molecule has 0 radical (unpaired) electrons. The second kappa shape index (κ2) is 6.78. The molecule has 1 aliphatic heterocycles. The van der Waals surface area contributed by atoms with E-state index in [0.29, 0.717) is 17.8 Å². The predicted octanol–water partition coefficient (Wildman–Crippen LogP) is 0.964. The second-order valence-electron chi connectivity index (χ2n) is 5.98. The third kappa shape index (κ3) is 3.40. The summed E-state index contributed by atoms with van der Waals surface area (Å²) >= 11 is 6.00. The molecule has 0 aromatic carbocycles. The van der Waals surface area contributed by atoms with Crippen molar-refractivity contribution in [3.05, 3.63) is 40.3 Å². The van der Waals surface area contributed by atoms with Crippen molar-refractivity contribution >= 4 is 29.2 Å². The lowest BCUT2D eigenvalue weighted by molar-refractivity contribution is -0.137. The number of pyridine rings is 1. The zero-order valence-corrected chi connectivity index (χ0v) is 14.9. The first kappa shape index (κ1) is 17.9. The van der Waals surface area contributed by atoms with Crippen LogP contribution in [0.4, 0.5) is 5.82 Å². The summed E-state index contributed by atoms with van der Waals surface area (Å²) in [5.74, 6) is 4.69. The van der Waals surface area contributed by atoms with E-state index in [0.717, 1.165) is 0 Å². The molecule has 26 heavy (non-hydrogen) atoms. The Labute approximate surface area is 154 Å². The van der Waals surface area contributed by atoms with Crippen LogP contribution in [0.3, 0.4) is 0 Å². The van der Waals surface area contributed by atoms with E-state index in [9.17, 15) is 14.7 Å². The van der Waals surface area contributed by atoms with E-state index in [1.807, 2.05) is 0 Å². The molecule has 3 N–H and O–H groups in total. The molecule has 0 bridgehead atoms. The normalized spacial score (nSPS) is 19.2. The van der Waals surface area contributed by atoms with Gasteiger partial charge >= 0.3 is 0 Å². The van der Waals surface area contributed by atoms with E-state index in [4.69, 9.17) is 11.6 Å². The number of aryl methyl sites for hydroxylation is 1. The van der Waals surface area contributed by atoms with Gasteiger partial charge in [-0.15, -0.1) is 0 Å². The van der Waals surface area contributed by atoms with Gasteiger partial charge in [-0.1, -0.05) is 23.4 Å². The molecule has 0 spiro atoms. The molecule has 9 heteroatoms. The fraction of sp³-hybridized carbons (Fsp3) is 0.294. The smallest absolute Gasteiger partial charge is 0.278 e. The number of nitrogens with one attached hydrogen (secondary N) is 2. The summed E-state index contributed by atoms with van der Waals surface area (Å²) in [6.45, 7) is 2.15. The van der Waals surface area contributed by atoms with Crippen LogP contribution < -0.4 is 5.32 Å². The standard InChI is InChI=1S/C17H16ClN5O3/c1-10-13(18)14(22-21-10)15(24)20-12-9-11(4-7-19-12)3-5-17(26)6-8-23(2)16(17)25/h4,7,9,26H,6,8H2,1-2H3,(H,21,22)(H,19,20,24)/t17-/m0/s1. The molecule has 0 unspecified atom stereocenters. The van der Waals surface area contributed by atoms with E-state index in [-0.39, 0.29) is 23.0 Å². The van der Waals surface area contributed by atoms with Gasteiger partial charge in [0.25, 0.3) is 11.8 Å². The first-order valence-electron chi connectivity index (χ1n) is 7.79. The molecule has 0 saturated carbocycles. The number of likely N-dealkylation sites (tertiary alicyclic amines) is 1. The van der Waals surface area contributed by atoms with Gasteiger partial charge in [0, 0.05) is 31.8 Å². The number of H-pyrrole nitrogens is 1. The van der Waals surface area contributed by atoms with Crippen molar-refractivity contribution in [2.75, 3.05) is 18.9 Å². The first-order valence-corrected chi connectivity index (χ1v) is 8.17. The van der Waals surface area contributed by atoms with Crippen molar-refractivity contribution in [3.63, 3.8) is 0 Å². The van der Waals surface area contributed by atoms with Crippen LogP contribution in [0.15, 0.2) is 18.3 Å². The first-order chi connectivity index (χ1) is 12.3. The van der Waals surface area contributed by atoms with Gasteiger partial charge in [0.15, 0.2) is 5.69 Å². The van der Waals surface area contributed by atoms with Gasteiger partial charge in [-0.05, 0) is 19.1 Å². The summed E-state index contributed by atoms with van der Waals surface area (Å²) < 4.78 is 0. The molecule has 1 atom stereocenters. The molecule has 3 heterocycles. The highest BCUT2D eigenvalue weighted by molar-refractivity contribution is 6.34. The van der Waals surface area contributed by atoms with Crippen molar-refractivity contribution in [1.29, 1.82) is 0 Å². The maximum Gasteiger partial charge on any atom is 0.278 e. The molecule has 1 saturated heterocycles. The zero-order valence-electron chi connectivity index (χ0n) is 14.1. The summed E-state index contributed by atoms with van der Waals surface area (Å²) in [6, 6.07) is 3.14. The molecule has 2 aromatic rings. The Morgan fingerprint density at radius 1 is 1.54 bits per heavy atom. The minimum absolute atomic E-state index is 0.0661. The molecule has 0 aliphatic carbocycles. The second-order valence-corrected chi connectivity index (χ2v) is 6.36. The van der Waals surface area contributed by atoms with Gasteiger partial charge in [0.1, 0.15) is 5.82 Å². The minimum Gasteiger partial charge on any atom is -0.369 e. The number of likely N-dealkylation sites (N-methyl/N-ethyl adjacent to an activating group) is 1. The van der Waals surface area contributed by atoms with Gasteiger partial charge in [0.2, 0.25) is 5.60 Å². The topological polar surface area (TPSA) is 111 Å². The number of aliphatic hydroxyl groups is 1. The Balaban J connectivity index is 1.77. The number of aromatic amines is 1. The van der Waals surface area contributed by atoms with Gasteiger partial charge in [0.05, 0.1) is 10.7 Å². The molecule has 8 nitrogen and oxygen atoms in total. The SMILES string of the molecule is Cc1[nH]nc(C(=O)Nc2cc(C#C[C@]3(O)CCN(C)C3=O)ccn2)c1Cl.